The van der Waals surface area contributed by atoms with Crippen LogP contribution in [0.1, 0.15) is 53.4 Å². The van der Waals surface area contributed by atoms with Crippen LogP contribution in [0.25, 0.3) is 0 Å². The topological polar surface area (TPSA) is 50.4 Å². The number of carbonyl (C=O) groups is 1. The molecule has 106 valence electrons. The van der Waals surface area contributed by atoms with Crippen LogP contribution in [-0.4, -0.2) is 36.7 Å². The summed E-state index contributed by atoms with van der Waals surface area (Å²) in [5.74, 6) is 0.0987. The Morgan fingerprint density at radius 3 is 2.83 bits per heavy atom. The summed E-state index contributed by atoms with van der Waals surface area (Å²) in [5, 5.41) is 6.35. The van der Waals surface area contributed by atoms with E-state index in [0.29, 0.717) is 6.04 Å². The first-order valence-corrected chi connectivity index (χ1v) is 7.18. The summed E-state index contributed by atoms with van der Waals surface area (Å²) in [5.41, 5.74) is -0.0322. The van der Waals surface area contributed by atoms with Crippen LogP contribution in [0.15, 0.2) is 0 Å². The SMILES string of the molecule is CCCNC(=O)C(C)NC1CCOC(C)(CC)C1. The van der Waals surface area contributed by atoms with Gasteiger partial charge in [-0.3, -0.25) is 4.79 Å². The monoisotopic (exact) mass is 256 g/mol. The van der Waals surface area contributed by atoms with Crippen LogP contribution in [0.2, 0.25) is 0 Å². The number of rotatable bonds is 6. The molecule has 4 heteroatoms. The fourth-order valence-corrected chi connectivity index (χ4v) is 2.35. The highest BCUT2D eigenvalue weighted by Gasteiger charge is 2.32. The van der Waals surface area contributed by atoms with E-state index in [4.69, 9.17) is 4.74 Å². The van der Waals surface area contributed by atoms with Crippen LogP contribution < -0.4 is 10.6 Å². The van der Waals surface area contributed by atoms with Crippen LogP contribution >= 0.6 is 0 Å². The molecule has 3 unspecified atom stereocenters. The highest BCUT2D eigenvalue weighted by molar-refractivity contribution is 5.81. The van der Waals surface area contributed by atoms with Gasteiger partial charge < -0.3 is 15.4 Å². The maximum Gasteiger partial charge on any atom is 0.236 e. The minimum absolute atomic E-state index is 0.0322. The van der Waals surface area contributed by atoms with E-state index in [9.17, 15) is 4.79 Å². The molecular formula is C14H28N2O2. The van der Waals surface area contributed by atoms with Gasteiger partial charge in [0.2, 0.25) is 5.91 Å². The molecule has 0 radical (unpaired) electrons. The molecule has 1 aliphatic rings. The molecule has 1 rings (SSSR count). The van der Waals surface area contributed by atoms with Gasteiger partial charge in [0.25, 0.3) is 0 Å². The molecule has 2 N–H and O–H groups in total. The van der Waals surface area contributed by atoms with Gasteiger partial charge in [-0.25, -0.2) is 0 Å². The zero-order valence-corrected chi connectivity index (χ0v) is 12.2. The molecule has 1 fully saturated rings. The van der Waals surface area contributed by atoms with Gasteiger partial charge in [-0.1, -0.05) is 13.8 Å². The number of nitrogens with one attached hydrogen (secondary N) is 2. The summed E-state index contributed by atoms with van der Waals surface area (Å²) in [6.45, 7) is 9.84. The lowest BCUT2D eigenvalue weighted by molar-refractivity contribution is -0.124. The average Bonchev–Trinajstić information content (AvgIpc) is 2.36. The molecule has 0 aromatic rings. The molecule has 18 heavy (non-hydrogen) atoms. The van der Waals surface area contributed by atoms with E-state index in [1.165, 1.54) is 0 Å². The molecule has 1 heterocycles. The maximum absolute atomic E-state index is 11.8. The molecular weight excluding hydrogens is 228 g/mol. The van der Waals surface area contributed by atoms with E-state index in [2.05, 4.69) is 31.4 Å². The standard InChI is InChI=1S/C14H28N2O2/c1-5-8-15-13(17)11(3)16-12-7-9-18-14(4,6-2)10-12/h11-12,16H,5-10H2,1-4H3,(H,15,17). The number of carbonyl (C=O) groups excluding carboxylic acids is 1. The Morgan fingerprint density at radius 1 is 1.50 bits per heavy atom. The van der Waals surface area contributed by atoms with E-state index in [1.54, 1.807) is 0 Å². The van der Waals surface area contributed by atoms with Crippen LogP contribution in [0.5, 0.6) is 0 Å². The zero-order chi connectivity index (χ0) is 13.6. The molecule has 0 spiro atoms. The molecule has 0 saturated carbocycles. The highest BCUT2D eigenvalue weighted by Crippen LogP contribution is 2.27. The Morgan fingerprint density at radius 2 is 2.22 bits per heavy atom. The second-order valence-corrected chi connectivity index (χ2v) is 5.52. The van der Waals surface area contributed by atoms with Crippen molar-refractivity contribution in [2.24, 2.45) is 0 Å². The van der Waals surface area contributed by atoms with Gasteiger partial charge in [0.15, 0.2) is 0 Å². The average molecular weight is 256 g/mol. The summed E-state index contributed by atoms with van der Waals surface area (Å²) in [7, 11) is 0. The molecule has 0 bridgehead atoms. The predicted octanol–water partition coefficient (Wildman–Crippen LogP) is 1.84. The smallest absolute Gasteiger partial charge is 0.236 e. The fraction of sp³-hybridized carbons (Fsp3) is 0.929. The minimum atomic E-state index is -0.124. The number of hydrogen-bond acceptors (Lipinski definition) is 3. The Hall–Kier alpha value is -0.610. The number of amides is 1. The van der Waals surface area contributed by atoms with Gasteiger partial charge in [-0.15, -0.1) is 0 Å². The van der Waals surface area contributed by atoms with Gasteiger partial charge >= 0.3 is 0 Å². The first-order chi connectivity index (χ1) is 8.50. The van der Waals surface area contributed by atoms with E-state index in [1.807, 2.05) is 6.92 Å². The van der Waals surface area contributed by atoms with E-state index in [-0.39, 0.29) is 17.6 Å². The van der Waals surface area contributed by atoms with Crippen molar-refractivity contribution >= 4 is 5.91 Å². The first-order valence-electron chi connectivity index (χ1n) is 7.18. The third-order valence-corrected chi connectivity index (χ3v) is 3.77. The number of hydrogen-bond donors (Lipinski definition) is 2. The van der Waals surface area contributed by atoms with Crippen molar-refractivity contribution < 1.29 is 9.53 Å². The molecule has 1 saturated heterocycles. The quantitative estimate of drug-likeness (QED) is 0.762. The molecule has 3 atom stereocenters. The van der Waals surface area contributed by atoms with Crippen molar-refractivity contribution in [3.63, 3.8) is 0 Å². The lowest BCUT2D eigenvalue weighted by Gasteiger charge is -2.39. The minimum Gasteiger partial charge on any atom is -0.375 e. The second kappa shape index (κ2) is 7.10. The molecule has 0 aromatic heterocycles. The zero-order valence-electron chi connectivity index (χ0n) is 12.2. The van der Waals surface area contributed by atoms with Crippen LogP contribution in [-0.2, 0) is 9.53 Å². The van der Waals surface area contributed by atoms with Crippen molar-refractivity contribution in [1.29, 1.82) is 0 Å². The summed E-state index contributed by atoms with van der Waals surface area (Å²) in [4.78, 5) is 11.8. The van der Waals surface area contributed by atoms with Gasteiger partial charge in [0.05, 0.1) is 11.6 Å². The second-order valence-electron chi connectivity index (χ2n) is 5.52. The van der Waals surface area contributed by atoms with Gasteiger partial charge in [0.1, 0.15) is 0 Å². The van der Waals surface area contributed by atoms with E-state index >= 15 is 0 Å². The Bertz CT molecular complexity index is 271. The molecule has 4 nitrogen and oxygen atoms in total. The van der Waals surface area contributed by atoms with E-state index < -0.39 is 0 Å². The molecule has 0 aromatic carbocycles. The van der Waals surface area contributed by atoms with Crippen molar-refractivity contribution in [1.82, 2.24) is 10.6 Å². The molecule has 0 aliphatic carbocycles. The van der Waals surface area contributed by atoms with Crippen molar-refractivity contribution in [3.05, 3.63) is 0 Å². The highest BCUT2D eigenvalue weighted by atomic mass is 16.5. The van der Waals surface area contributed by atoms with Crippen LogP contribution in [0, 0.1) is 0 Å². The van der Waals surface area contributed by atoms with Gasteiger partial charge in [-0.05, 0) is 39.5 Å². The van der Waals surface area contributed by atoms with Crippen molar-refractivity contribution in [2.75, 3.05) is 13.2 Å². The van der Waals surface area contributed by atoms with Gasteiger partial charge in [-0.2, -0.15) is 0 Å². The van der Waals surface area contributed by atoms with Crippen LogP contribution in [0.3, 0.4) is 0 Å². The predicted molar refractivity (Wildman–Crippen MR) is 73.6 cm³/mol. The van der Waals surface area contributed by atoms with Crippen molar-refractivity contribution in [3.8, 4) is 0 Å². The largest absolute Gasteiger partial charge is 0.375 e. The Labute approximate surface area is 111 Å². The van der Waals surface area contributed by atoms with Gasteiger partial charge in [0, 0.05) is 19.2 Å². The lowest BCUT2D eigenvalue weighted by atomic mass is 9.89. The van der Waals surface area contributed by atoms with Crippen molar-refractivity contribution in [2.45, 2.75) is 71.1 Å². The van der Waals surface area contributed by atoms with Crippen LogP contribution in [0.4, 0.5) is 0 Å². The fourth-order valence-electron chi connectivity index (χ4n) is 2.35. The Balaban J connectivity index is 2.39. The molecule has 1 aliphatic heterocycles. The lowest BCUT2D eigenvalue weighted by Crippen LogP contribution is -2.51. The summed E-state index contributed by atoms with van der Waals surface area (Å²) < 4.78 is 5.81. The van der Waals surface area contributed by atoms with E-state index in [0.717, 1.165) is 38.8 Å². The molecule has 1 amide bonds. The third kappa shape index (κ3) is 4.58. The Kier molecular flexibility index (Phi) is 6.09. The third-order valence-electron chi connectivity index (χ3n) is 3.77. The first kappa shape index (κ1) is 15.4. The summed E-state index contributed by atoms with van der Waals surface area (Å²) in [6, 6.07) is 0.256. The number of ether oxygens (including phenoxy) is 1. The maximum atomic E-state index is 11.8. The normalized spacial score (nSPS) is 29.9. The summed E-state index contributed by atoms with van der Waals surface area (Å²) in [6.07, 6.45) is 3.96. The summed E-state index contributed by atoms with van der Waals surface area (Å²) >= 11 is 0.